The number of imide groups is 2. The quantitative estimate of drug-likeness (QED) is 0.130. The smallest absolute Gasteiger partial charge is 0.275 e. The topological polar surface area (TPSA) is 205 Å². The highest BCUT2D eigenvalue weighted by molar-refractivity contribution is 6.23. The molecule has 4 aliphatic rings. The molecule has 0 aliphatic carbocycles. The van der Waals surface area contributed by atoms with Crippen molar-refractivity contribution < 1.29 is 24.0 Å². The number of carbonyl (C=O) groups is 5. The summed E-state index contributed by atoms with van der Waals surface area (Å²) in [5.41, 5.74) is 4.88. The second kappa shape index (κ2) is 15.2. The molecular weight excluding hydrogens is 729 g/mol. The molecule has 9 rings (SSSR count). The van der Waals surface area contributed by atoms with Gasteiger partial charge in [-0.15, -0.1) is 0 Å². The van der Waals surface area contributed by atoms with Gasteiger partial charge in [0.05, 0.1) is 28.4 Å². The molecule has 5 N–H and O–H groups in total. The molecule has 1 atom stereocenters. The summed E-state index contributed by atoms with van der Waals surface area (Å²) in [7, 11) is 0. The van der Waals surface area contributed by atoms with E-state index in [1.807, 2.05) is 24.3 Å². The fourth-order valence-electron chi connectivity index (χ4n) is 8.32. The molecule has 4 aliphatic heterocycles. The van der Waals surface area contributed by atoms with Crippen molar-refractivity contribution in [2.75, 3.05) is 61.3 Å². The number of piperidine rings is 2. The van der Waals surface area contributed by atoms with Gasteiger partial charge >= 0.3 is 0 Å². The standard InChI is InChI=1S/C40H42N12O5/c53-33-8-7-32(37(54)47-33)52-39(56)28-6-5-27(19-30(28)40(52)57)51-13-10-25(11-14-51)22-50-17-15-49(16-18-50)21-24-1-3-26(4-2-24)45-38(55)34-31(20-44-48-34)46-36-29-9-12-41-35(29)42-23-43-36/h1-6,9,12,19-20,23,25,32H,7-8,10-11,13-18,21-22H2,(H,44,48)(H,45,55)(H,47,53,54)(H2,41,42,43,46). The maximum Gasteiger partial charge on any atom is 0.275 e. The molecule has 1 unspecified atom stereocenters. The highest BCUT2D eigenvalue weighted by Crippen LogP contribution is 2.33. The number of nitrogens with one attached hydrogen (secondary N) is 5. The summed E-state index contributed by atoms with van der Waals surface area (Å²) in [5.74, 6) is -1.13. The van der Waals surface area contributed by atoms with E-state index in [-0.39, 0.29) is 24.7 Å². The Labute approximate surface area is 327 Å². The number of rotatable bonds is 10. The number of aromatic amines is 2. The molecule has 5 aromatic rings. The Morgan fingerprint density at radius 3 is 2.40 bits per heavy atom. The predicted octanol–water partition coefficient (Wildman–Crippen LogP) is 3.11. The highest BCUT2D eigenvalue weighted by atomic mass is 16.2. The van der Waals surface area contributed by atoms with Gasteiger partial charge in [-0.3, -0.25) is 44.2 Å². The number of amides is 5. The van der Waals surface area contributed by atoms with E-state index in [0.717, 1.165) is 81.2 Å². The number of hydrogen-bond donors (Lipinski definition) is 5. The number of fused-ring (bicyclic) bond motifs is 2. The highest BCUT2D eigenvalue weighted by Gasteiger charge is 2.45. The third-order valence-corrected chi connectivity index (χ3v) is 11.5. The number of H-pyrrole nitrogens is 2. The fraction of sp³-hybridized carbons (Fsp3) is 0.350. The van der Waals surface area contributed by atoms with Crippen LogP contribution in [0, 0.1) is 5.92 Å². The van der Waals surface area contributed by atoms with Gasteiger partial charge in [-0.05, 0) is 67.1 Å². The van der Waals surface area contributed by atoms with Crippen LogP contribution in [0.25, 0.3) is 11.0 Å². The first-order valence-corrected chi connectivity index (χ1v) is 19.3. The zero-order valence-electron chi connectivity index (χ0n) is 31.2. The molecule has 3 fully saturated rings. The molecule has 0 bridgehead atoms. The monoisotopic (exact) mass is 770 g/mol. The fourth-order valence-corrected chi connectivity index (χ4v) is 8.32. The summed E-state index contributed by atoms with van der Waals surface area (Å²) in [4.78, 5) is 83.5. The van der Waals surface area contributed by atoms with Crippen molar-refractivity contribution >= 4 is 63.4 Å². The lowest BCUT2D eigenvalue weighted by atomic mass is 9.95. The van der Waals surface area contributed by atoms with Gasteiger partial charge in [-0.2, -0.15) is 5.10 Å². The third-order valence-electron chi connectivity index (χ3n) is 11.5. The second-order valence-corrected chi connectivity index (χ2v) is 15.1. The predicted molar refractivity (Wildman–Crippen MR) is 210 cm³/mol. The van der Waals surface area contributed by atoms with Crippen LogP contribution < -0.4 is 20.9 Å². The lowest BCUT2D eigenvalue weighted by Crippen LogP contribution is -2.54. The van der Waals surface area contributed by atoms with Gasteiger partial charge < -0.3 is 25.4 Å². The van der Waals surface area contributed by atoms with Crippen LogP contribution in [0.4, 0.5) is 22.9 Å². The molecule has 3 saturated heterocycles. The van der Waals surface area contributed by atoms with Crippen molar-refractivity contribution in [3.05, 3.63) is 89.6 Å². The zero-order valence-corrected chi connectivity index (χ0v) is 31.2. The largest absolute Gasteiger partial charge is 0.371 e. The van der Waals surface area contributed by atoms with E-state index in [2.05, 4.69) is 67.9 Å². The minimum Gasteiger partial charge on any atom is -0.371 e. The summed E-state index contributed by atoms with van der Waals surface area (Å²) in [6.07, 6.45) is 7.09. The van der Waals surface area contributed by atoms with E-state index in [1.54, 1.807) is 24.5 Å². The lowest BCUT2D eigenvalue weighted by Gasteiger charge is -2.39. The Bertz CT molecular complexity index is 2360. The number of piperazine rings is 1. The van der Waals surface area contributed by atoms with E-state index in [0.29, 0.717) is 45.6 Å². The van der Waals surface area contributed by atoms with E-state index in [1.165, 1.54) is 11.9 Å². The number of benzene rings is 2. The van der Waals surface area contributed by atoms with Gasteiger partial charge in [-0.25, -0.2) is 9.97 Å². The van der Waals surface area contributed by atoms with Crippen molar-refractivity contribution in [3.63, 3.8) is 0 Å². The van der Waals surface area contributed by atoms with Crippen molar-refractivity contribution in [3.8, 4) is 0 Å². The molecule has 0 saturated carbocycles. The van der Waals surface area contributed by atoms with Crippen molar-refractivity contribution in [2.45, 2.75) is 38.3 Å². The van der Waals surface area contributed by atoms with Gasteiger partial charge in [0, 0.05) is 76.4 Å². The van der Waals surface area contributed by atoms with Gasteiger partial charge in [-0.1, -0.05) is 12.1 Å². The van der Waals surface area contributed by atoms with Crippen molar-refractivity contribution in [1.82, 2.24) is 45.2 Å². The van der Waals surface area contributed by atoms with E-state index >= 15 is 0 Å². The average Bonchev–Trinajstić information content (AvgIpc) is 3.96. The lowest BCUT2D eigenvalue weighted by molar-refractivity contribution is -0.136. The Morgan fingerprint density at radius 1 is 0.842 bits per heavy atom. The SMILES string of the molecule is O=C1CCC(N2C(=O)c3ccc(N4CCC(CN5CCN(Cc6ccc(NC(=O)c7[nH]ncc7Nc7ncnc8[nH]ccc78)cc6)CC5)CC4)cc3C2=O)C(=O)N1. The number of aromatic nitrogens is 5. The Morgan fingerprint density at radius 2 is 1.61 bits per heavy atom. The van der Waals surface area contributed by atoms with Crippen LogP contribution in [0.5, 0.6) is 0 Å². The molecule has 17 nitrogen and oxygen atoms in total. The number of carbonyl (C=O) groups excluding carboxylic acids is 5. The van der Waals surface area contributed by atoms with E-state index < -0.39 is 23.8 Å². The first-order chi connectivity index (χ1) is 27.8. The van der Waals surface area contributed by atoms with Crippen molar-refractivity contribution in [2.24, 2.45) is 5.92 Å². The number of anilines is 4. The first-order valence-electron chi connectivity index (χ1n) is 19.3. The van der Waals surface area contributed by atoms with Gasteiger partial charge in [0.1, 0.15) is 29.5 Å². The average molecular weight is 771 g/mol. The minimum absolute atomic E-state index is 0.0954. The molecule has 17 heteroatoms. The summed E-state index contributed by atoms with van der Waals surface area (Å²) >= 11 is 0. The molecule has 57 heavy (non-hydrogen) atoms. The summed E-state index contributed by atoms with van der Waals surface area (Å²) in [6.45, 7) is 7.57. The molecule has 3 aromatic heterocycles. The third kappa shape index (κ3) is 7.34. The zero-order chi connectivity index (χ0) is 39.0. The Kier molecular flexibility index (Phi) is 9.67. The molecule has 5 amide bonds. The van der Waals surface area contributed by atoms with Crippen molar-refractivity contribution in [1.29, 1.82) is 0 Å². The summed E-state index contributed by atoms with van der Waals surface area (Å²) in [5, 5.41) is 16.0. The molecule has 2 aromatic carbocycles. The minimum atomic E-state index is -0.967. The Balaban J connectivity index is 0.717. The first kappa shape index (κ1) is 36.2. The van der Waals surface area contributed by atoms with Gasteiger partial charge in [0.15, 0.2) is 0 Å². The molecule has 292 valence electrons. The van der Waals surface area contributed by atoms with Crippen LogP contribution in [0.2, 0.25) is 0 Å². The van der Waals surface area contributed by atoms with Crippen LogP contribution in [0.15, 0.2) is 67.3 Å². The van der Waals surface area contributed by atoms with Gasteiger partial charge in [0.2, 0.25) is 11.8 Å². The van der Waals surface area contributed by atoms with E-state index in [9.17, 15) is 24.0 Å². The molecule has 7 heterocycles. The Hall–Kier alpha value is -6.46. The molecule has 0 spiro atoms. The van der Waals surface area contributed by atoms with Gasteiger partial charge in [0.25, 0.3) is 17.7 Å². The molecular formula is C40H42N12O5. The van der Waals surface area contributed by atoms with Crippen LogP contribution in [-0.4, -0.2) is 121 Å². The normalized spacial score (nSPS) is 19.6. The number of nitrogens with zero attached hydrogens (tertiary/aromatic N) is 7. The summed E-state index contributed by atoms with van der Waals surface area (Å²) in [6, 6.07) is 14.2. The van der Waals surface area contributed by atoms with Crippen LogP contribution in [-0.2, 0) is 16.1 Å². The summed E-state index contributed by atoms with van der Waals surface area (Å²) < 4.78 is 0. The molecule has 0 radical (unpaired) electrons. The van der Waals surface area contributed by atoms with E-state index in [4.69, 9.17) is 0 Å². The maximum absolute atomic E-state index is 13.3. The van der Waals surface area contributed by atoms with Crippen LogP contribution in [0.3, 0.4) is 0 Å². The second-order valence-electron chi connectivity index (χ2n) is 15.1. The van der Waals surface area contributed by atoms with Crippen LogP contribution in [0.1, 0.15) is 62.5 Å². The van der Waals surface area contributed by atoms with Crippen LogP contribution >= 0.6 is 0 Å². The number of hydrogen-bond acceptors (Lipinski definition) is 12. The maximum atomic E-state index is 13.3.